The van der Waals surface area contributed by atoms with Gasteiger partial charge in [-0.1, -0.05) is 24.3 Å². The molecule has 5 nitrogen and oxygen atoms in total. The van der Waals surface area contributed by atoms with Crippen LogP contribution in [0.1, 0.15) is 25.0 Å². The van der Waals surface area contributed by atoms with Crippen molar-refractivity contribution in [2.75, 3.05) is 42.9 Å². The van der Waals surface area contributed by atoms with Crippen molar-refractivity contribution in [2.45, 2.75) is 19.4 Å². The Morgan fingerprint density at radius 1 is 1.15 bits per heavy atom. The van der Waals surface area contributed by atoms with Crippen molar-refractivity contribution in [1.82, 2.24) is 4.90 Å². The number of amides is 1. The van der Waals surface area contributed by atoms with Crippen molar-refractivity contribution in [1.29, 1.82) is 0 Å². The van der Waals surface area contributed by atoms with Crippen LogP contribution in [0.5, 0.6) is 0 Å². The number of aliphatic hydroxyl groups excluding tert-OH is 1. The number of nitrogens with one attached hydrogen (secondary N) is 1. The van der Waals surface area contributed by atoms with Gasteiger partial charge in [0.2, 0.25) is 5.91 Å². The molecular formula is C21H26FN3O2. The van der Waals surface area contributed by atoms with Gasteiger partial charge in [0.15, 0.2) is 0 Å². The van der Waals surface area contributed by atoms with Gasteiger partial charge in [0.05, 0.1) is 11.8 Å². The van der Waals surface area contributed by atoms with Gasteiger partial charge in [0, 0.05) is 44.8 Å². The summed E-state index contributed by atoms with van der Waals surface area (Å²) in [5.41, 5.74) is 1.96. The van der Waals surface area contributed by atoms with Crippen LogP contribution in [0.25, 0.3) is 0 Å². The van der Waals surface area contributed by atoms with Crippen molar-refractivity contribution in [3.63, 3.8) is 0 Å². The Labute approximate surface area is 159 Å². The highest BCUT2D eigenvalue weighted by Crippen LogP contribution is 2.24. The molecule has 1 aliphatic rings. The number of anilines is 2. The van der Waals surface area contributed by atoms with Crippen LogP contribution in [0.3, 0.4) is 0 Å². The van der Waals surface area contributed by atoms with Crippen LogP contribution in [0.4, 0.5) is 15.8 Å². The Balaban J connectivity index is 1.46. The second kappa shape index (κ2) is 8.97. The largest absolute Gasteiger partial charge is 0.389 e. The molecule has 0 aromatic heterocycles. The highest BCUT2D eigenvalue weighted by Gasteiger charge is 2.20. The molecule has 0 saturated carbocycles. The van der Waals surface area contributed by atoms with Crippen molar-refractivity contribution in [2.24, 2.45) is 0 Å². The van der Waals surface area contributed by atoms with Crippen molar-refractivity contribution < 1.29 is 14.3 Å². The van der Waals surface area contributed by atoms with E-state index >= 15 is 0 Å². The van der Waals surface area contributed by atoms with Gasteiger partial charge in [0.25, 0.3) is 0 Å². The quantitative estimate of drug-likeness (QED) is 0.820. The second-order valence-electron chi connectivity index (χ2n) is 6.88. The average molecular weight is 371 g/mol. The zero-order chi connectivity index (χ0) is 19.2. The highest BCUT2D eigenvalue weighted by molar-refractivity contribution is 5.90. The molecule has 6 heteroatoms. The molecule has 2 aromatic carbocycles. The van der Waals surface area contributed by atoms with Gasteiger partial charge >= 0.3 is 0 Å². The molecule has 2 aromatic rings. The normalized spacial score (nSPS) is 16.2. The fraction of sp³-hybridized carbons (Fsp3) is 0.381. The molecule has 3 rings (SSSR count). The van der Waals surface area contributed by atoms with E-state index in [1.54, 1.807) is 19.1 Å². The molecule has 0 spiro atoms. The fourth-order valence-corrected chi connectivity index (χ4v) is 3.26. The summed E-state index contributed by atoms with van der Waals surface area (Å²) in [5, 5.41) is 12.5. The number of para-hydroxylation sites is 1. The highest BCUT2D eigenvalue weighted by atomic mass is 19.1. The summed E-state index contributed by atoms with van der Waals surface area (Å²) in [5.74, 6) is -0.299. The maximum atomic E-state index is 14.3. The molecule has 144 valence electrons. The molecule has 0 unspecified atom stereocenters. The van der Waals surface area contributed by atoms with E-state index in [-0.39, 0.29) is 11.7 Å². The van der Waals surface area contributed by atoms with Gasteiger partial charge in [-0.05, 0) is 36.8 Å². The van der Waals surface area contributed by atoms with Gasteiger partial charge < -0.3 is 15.3 Å². The fourth-order valence-electron chi connectivity index (χ4n) is 3.26. The Kier molecular flexibility index (Phi) is 6.42. The van der Waals surface area contributed by atoms with E-state index in [1.165, 1.54) is 6.07 Å². The minimum Gasteiger partial charge on any atom is -0.389 e. The van der Waals surface area contributed by atoms with E-state index in [0.29, 0.717) is 37.3 Å². The van der Waals surface area contributed by atoms with Gasteiger partial charge in [-0.2, -0.15) is 0 Å². The minimum absolute atomic E-state index is 0.00314. The number of benzene rings is 2. The van der Waals surface area contributed by atoms with Crippen molar-refractivity contribution in [3.8, 4) is 0 Å². The maximum absolute atomic E-state index is 14.3. The second-order valence-corrected chi connectivity index (χ2v) is 6.88. The van der Waals surface area contributed by atoms with E-state index in [2.05, 4.69) is 10.2 Å². The number of hydrogen-bond acceptors (Lipinski definition) is 4. The molecule has 0 radical (unpaired) electrons. The SMILES string of the molecule is C[C@H](O)c1ccc(N2CCN(CCC(=O)Nc3ccccc3)CC2)c(F)c1. The lowest BCUT2D eigenvalue weighted by atomic mass is 10.1. The Bertz CT molecular complexity index is 759. The Morgan fingerprint density at radius 2 is 1.85 bits per heavy atom. The minimum atomic E-state index is -0.674. The number of rotatable bonds is 6. The number of nitrogens with zero attached hydrogens (tertiary/aromatic N) is 2. The van der Waals surface area contributed by atoms with Crippen LogP contribution in [0.15, 0.2) is 48.5 Å². The number of halogens is 1. The topological polar surface area (TPSA) is 55.8 Å². The Hall–Kier alpha value is -2.44. The van der Waals surface area contributed by atoms with Gasteiger partial charge in [-0.25, -0.2) is 4.39 Å². The summed E-state index contributed by atoms with van der Waals surface area (Å²) in [4.78, 5) is 16.3. The zero-order valence-electron chi connectivity index (χ0n) is 15.6. The van der Waals surface area contributed by atoms with Crippen LogP contribution in [0.2, 0.25) is 0 Å². The van der Waals surface area contributed by atoms with Crippen LogP contribution in [0, 0.1) is 5.82 Å². The lowest BCUT2D eigenvalue weighted by Gasteiger charge is -2.36. The number of carbonyl (C=O) groups excluding carboxylic acids is 1. The lowest BCUT2D eigenvalue weighted by Crippen LogP contribution is -2.47. The molecule has 1 amide bonds. The molecule has 2 N–H and O–H groups in total. The molecule has 0 aliphatic carbocycles. The number of piperazine rings is 1. The number of aliphatic hydroxyl groups is 1. The van der Waals surface area contributed by atoms with Crippen LogP contribution < -0.4 is 10.2 Å². The van der Waals surface area contributed by atoms with E-state index in [0.717, 1.165) is 18.8 Å². The first-order chi connectivity index (χ1) is 13.0. The van der Waals surface area contributed by atoms with Crippen LogP contribution >= 0.6 is 0 Å². The lowest BCUT2D eigenvalue weighted by molar-refractivity contribution is -0.116. The Morgan fingerprint density at radius 3 is 2.48 bits per heavy atom. The molecule has 1 atom stereocenters. The van der Waals surface area contributed by atoms with E-state index in [4.69, 9.17) is 0 Å². The van der Waals surface area contributed by atoms with Crippen molar-refractivity contribution >= 4 is 17.3 Å². The van der Waals surface area contributed by atoms with Gasteiger partial charge in [-0.3, -0.25) is 9.69 Å². The standard InChI is InChI=1S/C21H26FN3O2/c1-16(26)17-7-8-20(19(22)15-17)25-13-11-24(12-14-25)10-9-21(27)23-18-5-3-2-4-6-18/h2-8,15-16,26H,9-14H2,1H3,(H,23,27)/t16-/m0/s1. The summed E-state index contributed by atoms with van der Waals surface area (Å²) in [6.45, 7) is 5.32. The van der Waals surface area contributed by atoms with E-state index in [9.17, 15) is 14.3 Å². The molecule has 1 saturated heterocycles. The summed E-state index contributed by atoms with van der Waals surface area (Å²) < 4.78 is 14.3. The average Bonchev–Trinajstić information content (AvgIpc) is 2.67. The molecule has 1 heterocycles. The third-order valence-corrected chi connectivity index (χ3v) is 4.88. The summed E-state index contributed by atoms with van der Waals surface area (Å²) in [6, 6.07) is 14.3. The molecule has 27 heavy (non-hydrogen) atoms. The molecule has 1 aliphatic heterocycles. The predicted molar refractivity (Wildman–Crippen MR) is 105 cm³/mol. The molecule has 1 fully saturated rings. The summed E-state index contributed by atoms with van der Waals surface area (Å²) in [6.07, 6.45) is -0.237. The summed E-state index contributed by atoms with van der Waals surface area (Å²) >= 11 is 0. The monoisotopic (exact) mass is 371 g/mol. The van der Waals surface area contributed by atoms with Crippen LogP contribution in [-0.4, -0.2) is 48.6 Å². The van der Waals surface area contributed by atoms with Gasteiger partial charge in [-0.15, -0.1) is 0 Å². The maximum Gasteiger partial charge on any atom is 0.225 e. The third kappa shape index (κ3) is 5.28. The summed E-state index contributed by atoms with van der Waals surface area (Å²) in [7, 11) is 0. The number of hydrogen-bond donors (Lipinski definition) is 2. The predicted octanol–water partition coefficient (Wildman–Crippen LogP) is 3.03. The molecular weight excluding hydrogens is 345 g/mol. The molecule has 0 bridgehead atoms. The first-order valence-corrected chi connectivity index (χ1v) is 9.32. The van der Waals surface area contributed by atoms with Crippen molar-refractivity contribution in [3.05, 3.63) is 59.9 Å². The van der Waals surface area contributed by atoms with E-state index in [1.807, 2.05) is 35.2 Å². The first-order valence-electron chi connectivity index (χ1n) is 9.32. The van der Waals surface area contributed by atoms with E-state index < -0.39 is 6.10 Å². The third-order valence-electron chi connectivity index (χ3n) is 4.88. The first kappa shape index (κ1) is 19.3. The zero-order valence-corrected chi connectivity index (χ0v) is 15.6. The smallest absolute Gasteiger partial charge is 0.225 e. The van der Waals surface area contributed by atoms with Gasteiger partial charge in [0.1, 0.15) is 5.82 Å². The number of carbonyl (C=O) groups is 1. The van der Waals surface area contributed by atoms with Crippen LogP contribution in [-0.2, 0) is 4.79 Å².